The summed E-state index contributed by atoms with van der Waals surface area (Å²) in [6, 6.07) is 5.84. The lowest BCUT2D eigenvalue weighted by Gasteiger charge is -2.20. The van der Waals surface area contributed by atoms with Crippen molar-refractivity contribution >= 4 is 15.9 Å². The van der Waals surface area contributed by atoms with Crippen LogP contribution >= 0.6 is 15.9 Å². The van der Waals surface area contributed by atoms with Crippen molar-refractivity contribution in [3.8, 4) is 0 Å². The van der Waals surface area contributed by atoms with E-state index in [1.807, 2.05) is 12.1 Å². The molecule has 2 rings (SSSR count). The Morgan fingerprint density at radius 2 is 2.26 bits per heavy atom. The molecule has 0 aromatic heterocycles. The van der Waals surface area contributed by atoms with Crippen LogP contribution in [0.2, 0.25) is 0 Å². The van der Waals surface area contributed by atoms with Gasteiger partial charge in [0.15, 0.2) is 0 Å². The van der Waals surface area contributed by atoms with Crippen LogP contribution in [-0.2, 0) is 6.54 Å². The van der Waals surface area contributed by atoms with Gasteiger partial charge < -0.3 is 10.2 Å². The summed E-state index contributed by atoms with van der Waals surface area (Å²) in [5.41, 5.74) is 1.12. The molecule has 1 aliphatic heterocycles. The van der Waals surface area contributed by atoms with E-state index in [0.29, 0.717) is 10.5 Å². The quantitative estimate of drug-likeness (QED) is 0.891. The van der Waals surface area contributed by atoms with Crippen LogP contribution < -0.4 is 5.32 Å². The average molecular weight is 329 g/mol. The molecule has 1 aromatic carbocycles. The van der Waals surface area contributed by atoms with Gasteiger partial charge in [-0.25, -0.2) is 4.39 Å². The molecule has 1 N–H and O–H groups in total. The summed E-state index contributed by atoms with van der Waals surface area (Å²) < 4.78 is 13.7. The van der Waals surface area contributed by atoms with Crippen molar-refractivity contribution in [3.63, 3.8) is 0 Å². The fourth-order valence-corrected chi connectivity index (χ4v) is 2.99. The summed E-state index contributed by atoms with van der Waals surface area (Å²) in [5.74, 6) is 0.540. The summed E-state index contributed by atoms with van der Waals surface area (Å²) >= 11 is 3.22. The first-order chi connectivity index (χ1) is 9.06. The van der Waals surface area contributed by atoms with Gasteiger partial charge in [-0.1, -0.05) is 6.07 Å². The van der Waals surface area contributed by atoms with Crippen molar-refractivity contribution in [3.05, 3.63) is 34.1 Å². The van der Waals surface area contributed by atoms with E-state index in [2.05, 4.69) is 40.0 Å². The predicted molar refractivity (Wildman–Crippen MR) is 80.6 cm³/mol. The van der Waals surface area contributed by atoms with E-state index in [-0.39, 0.29) is 5.82 Å². The van der Waals surface area contributed by atoms with Crippen LogP contribution in [-0.4, -0.2) is 30.6 Å². The molecule has 1 saturated heterocycles. The van der Waals surface area contributed by atoms with Gasteiger partial charge in [-0.3, -0.25) is 0 Å². The second kappa shape index (κ2) is 6.82. The first kappa shape index (κ1) is 14.9. The van der Waals surface area contributed by atoms with Crippen LogP contribution in [0.1, 0.15) is 25.8 Å². The maximum Gasteiger partial charge on any atom is 0.137 e. The van der Waals surface area contributed by atoms with E-state index in [1.165, 1.54) is 25.6 Å². The van der Waals surface area contributed by atoms with E-state index in [9.17, 15) is 4.39 Å². The number of nitrogens with one attached hydrogen (secondary N) is 1. The van der Waals surface area contributed by atoms with E-state index in [4.69, 9.17) is 0 Å². The van der Waals surface area contributed by atoms with E-state index >= 15 is 0 Å². The molecule has 19 heavy (non-hydrogen) atoms. The normalized spacial score (nSPS) is 20.4. The second-order valence-electron chi connectivity index (χ2n) is 5.62. The first-order valence-corrected chi connectivity index (χ1v) is 7.74. The first-order valence-electron chi connectivity index (χ1n) is 6.95. The molecule has 1 heterocycles. The van der Waals surface area contributed by atoms with Crippen molar-refractivity contribution in [2.75, 3.05) is 19.6 Å². The smallest absolute Gasteiger partial charge is 0.137 e. The van der Waals surface area contributed by atoms with Gasteiger partial charge in [-0.2, -0.15) is 0 Å². The highest BCUT2D eigenvalue weighted by atomic mass is 79.9. The highest BCUT2D eigenvalue weighted by Crippen LogP contribution is 2.19. The van der Waals surface area contributed by atoms with Gasteiger partial charge in [0.1, 0.15) is 5.82 Å². The van der Waals surface area contributed by atoms with Crippen molar-refractivity contribution in [2.24, 2.45) is 5.92 Å². The van der Waals surface area contributed by atoms with Crippen LogP contribution in [0.15, 0.2) is 22.7 Å². The maximum absolute atomic E-state index is 13.1. The molecule has 0 saturated carbocycles. The molecule has 106 valence electrons. The number of benzene rings is 1. The number of rotatable bonds is 5. The third kappa shape index (κ3) is 4.26. The van der Waals surface area contributed by atoms with Crippen LogP contribution in [0.4, 0.5) is 4.39 Å². The Kier molecular flexibility index (Phi) is 5.37. The van der Waals surface area contributed by atoms with Crippen LogP contribution in [0.3, 0.4) is 0 Å². The molecule has 0 radical (unpaired) electrons. The molecular formula is C15H22BrFN2. The fraction of sp³-hybridized carbons (Fsp3) is 0.600. The Bertz CT molecular complexity index is 423. The van der Waals surface area contributed by atoms with E-state index in [1.54, 1.807) is 0 Å². The number of hydrogen-bond acceptors (Lipinski definition) is 2. The molecule has 2 nitrogen and oxygen atoms in total. The van der Waals surface area contributed by atoms with Gasteiger partial charge in [0.2, 0.25) is 0 Å². The number of hydrogen-bond donors (Lipinski definition) is 1. The van der Waals surface area contributed by atoms with Crippen molar-refractivity contribution < 1.29 is 4.39 Å². The van der Waals surface area contributed by atoms with Gasteiger partial charge >= 0.3 is 0 Å². The van der Waals surface area contributed by atoms with Crippen LogP contribution in [0.5, 0.6) is 0 Å². The minimum atomic E-state index is -0.202. The lowest BCUT2D eigenvalue weighted by molar-refractivity contribution is 0.264. The summed E-state index contributed by atoms with van der Waals surface area (Å²) in [6.45, 7) is 8.76. The largest absolute Gasteiger partial charge is 0.312 e. The average Bonchev–Trinajstić information content (AvgIpc) is 2.83. The van der Waals surface area contributed by atoms with Crippen molar-refractivity contribution in [1.29, 1.82) is 0 Å². The van der Waals surface area contributed by atoms with Crippen LogP contribution in [0.25, 0.3) is 0 Å². The number of likely N-dealkylation sites (tertiary alicyclic amines) is 1. The summed E-state index contributed by atoms with van der Waals surface area (Å²) in [7, 11) is 0. The Hall–Kier alpha value is -0.450. The Morgan fingerprint density at radius 3 is 2.89 bits per heavy atom. The van der Waals surface area contributed by atoms with E-state index in [0.717, 1.165) is 24.6 Å². The third-order valence-corrected chi connectivity index (χ3v) is 4.40. The Labute approximate surface area is 123 Å². The van der Waals surface area contributed by atoms with E-state index < -0.39 is 0 Å². The second-order valence-corrected chi connectivity index (χ2v) is 6.48. The highest BCUT2D eigenvalue weighted by molar-refractivity contribution is 9.10. The summed E-state index contributed by atoms with van der Waals surface area (Å²) in [4.78, 5) is 2.53. The van der Waals surface area contributed by atoms with Gasteiger partial charge in [0.05, 0.1) is 4.47 Å². The fourth-order valence-electron chi connectivity index (χ4n) is 2.57. The van der Waals surface area contributed by atoms with Crippen molar-refractivity contribution in [1.82, 2.24) is 10.2 Å². The molecular weight excluding hydrogens is 307 g/mol. The molecule has 0 amide bonds. The lowest BCUT2D eigenvalue weighted by atomic mass is 10.1. The van der Waals surface area contributed by atoms with Gasteiger partial charge in [-0.05, 0) is 72.9 Å². The zero-order chi connectivity index (χ0) is 13.8. The summed E-state index contributed by atoms with van der Waals surface area (Å²) in [5, 5.41) is 3.48. The van der Waals surface area contributed by atoms with Gasteiger partial charge in [-0.15, -0.1) is 0 Å². The lowest BCUT2D eigenvalue weighted by Crippen LogP contribution is -2.30. The molecule has 4 heteroatoms. The highest BCUT2D eigenvalue weighted by Gasteiger charge is 2.23. The van der Waals surface area contributed by atoms with Crippen LogP contribution in [0, 0.1) is 11.7 Å². The molecule has 0 spiro atoms. The molecule has 1 atom stereocenters. The number of nitrogens with zero attached hydrogens (tertiary/aromatic N) is 1. The minimum Gasteiger partial charge on any atom is -0.312 e. The minimum absolute atomic E-state index is 0.202. The SMILES string of the molecule is CC(C)N1CCC(CNCc2ccc(F)c(Br)c2)C1. The molecule has 0 aliphatic carbocycles. The third-order valence-electron chi connectivity index (χ3n) is 3.79. The standard InChI is InChI=1S/C15H22BrFN2/c1-11(2)19-6-5-13(10-19)9-18-8-12-3-4-15(17)14(16)7-12/h3-4,7,11,13,18H,5-6,8-10H2,1-2H3. The monoisotopic (exact) mass is 328 g/mol. The predicted octanol–water partition coefficient (Wildman–Crippen LogP) is 3.41. The Morgan fingerprint density at radius 1 is 1.47 bits per heavy atom. The van der Waals surface area contributed by atoms with Gasteiger partial charge in [0.25, 0.3) is 0 Å². The zero-order valence-electron chi connectivity index (χ0n) is 11.6. The van der Waals surface area contributed by atoms with Crippen molar-refractivity contribution in [2.45, 2.75) is 32.9 Å². The Balaban J connectivity index is 1.73. The molecule has 1 unspecified atom stereocenters. The molecule has 1 aromatic rings. The topological polar surface area (TPSA) is 15.3 Å². The zero-order valence-corrected chi connectivity index (χ0v) is 13.2. The summed E-state index contributed by atoms with van der Waals surface area (Å²) in [6.07, 6.45) is 1.28. The molecule has 1 aliphatic rings. The number of halogens is 2. The maximum atomic E-state index is 13.1. The molecule has 1 fully saturated rings. The molecule has 0 bridgehead atoms. The van der Waals surface area contributed by atoms with Gasteiger partial charge in [0, 0.05) is 19.1 Å².